The fourth-order valence-electron chi connectivity index (χ4n) is 2.35. The highest BCUT2D eigenvalue weighted by Crippen LogP contribution is 2.15. The van der Waals surface area contributed by atoms with Gasteiger partial charge < -0.3 is 15.5 Å². The van der Waals surface area contributed by atoms with Gasteiger partial charge in [-0.05, 0) is 31.0 Å². The largest absolute Gasteiger partial charge is 0.384 e. The van der Waals surface area contributed by atoms with Crippen molar-refractivity contribution in [2.75, 3.05) is 30.3 Å². The van der Waals surface area contributed by atoms with Gasteiger partial charge in [-0.2, -0.15) is 0 Å². The van der Waals surface area contributed by atoms with Crippen molar-refractivity contribution in [3.8, 4) is 0 Å². The molecule has 0 atom stereocenters. The summed E-state index contributed by atoms with van der Waals surface area (Å²) in [6, 6.07) is 7.49. The molecule has 0 radical (unpaired) electrons. The third-order valence-electron chi connectivity index (χ3n) is 3.31. The topological polar surface area (TPSA) is 61.4 Å². The van der Waals surface area contributed by atoms with Crippen molar-refractivity contribution in [3.05, 3.63) is 24.3 Å². The molecule has 5 nitrogen and oxygen atoms in total. The summed E-state index contributed by atoms with van der Waals surface area (Å²) < 4.78 is 0. The minimum Gasteiger partial charge on any atom is -0.384 e. The third kappa shape index (κ3) is 4.26. The molecule has 1 fully saturated rings. The molecular formula is C15H21N3O2. The van der Waals surface area contributed by atoms with Gasteiger partial charge in [0.1, 0.15) is 0 Å². The van der Waals surface area contributed by atoms with Gasteiger partial charge >= 0.3 is 0 Å². The number of nitrogens with zero attached hydrogens (tertiary/aromatic N) is 1. The van der Waals surface area contributed by atoms with E-state index in [2.05, 4.69) is 10.6 Å². The summed E-state index contributed by atoms with van der Waals surface area (Å²) in [7, 11) is 0. The number of rotatable bonds is 5. The van der Waals surface area contributed by atoms with Crippen LogP contribution in [-0.2, 0) is 9.59 Å². The molecule has 1 aliphatic heterocycles. The van der Waals surface area contributed by atoms with Crippen molar-refractivity contribution in [3.63, 3.8) is 0 Å². The first-order chi connectivity index (χ1) is 9.65. The molecule has 2 rings (SSSR count). The van der Waals surface area contributed by atoms with Crippen LogP contribution in [0.3, 0.4) is 0 Å². The van der Waals surface area contributed by atoms with Gasteiger partial charge in [0.05, 0.1) is 0 Å². The van der Waals surface area contributed by atoms with Gasteiger partial charge in [0, 0.05) is 44.4 Å². The first kappa shape index (κ1) is 14.4. The molecular weight excluding hydrogens is 254 g/mol. The van der Waals surface area contributed by atoms with Crippen molar-refractivity contribution in [1.82, 2.24) is 4.90 Å². The maximum atomic E-state index is 11.9. The molecule has 2 amide bonds. The number of hydrogen-bond donors (Lipinski definition) is 2. The average molecular weight is 275 g/mol. The Bertz CT molecular complexity index is 482. The van der Waals surface area contributed by atoms with Gasteiger partial charge in [-0.1, -0.05) is 6.07 Å². The number of carbonyl (C=O) groups excluding carboxylic acids is 2. The fourth-order valence-corrected chi connectivity index (χ4v) is 2.35. The van der Waals surface area contributed by atoms with E-state index in [0.29, 0.717) is 13.0 Å². The van der Waals surface area contributed by atoms with Crippen LogP contribution in [0.2, 0.25) is 0 Å². The summed E-state index contributed by atoms with van der Waals surface area (Å²) in [5.74, 6) is 0.124. The van der Waals surface area contributed by atoms with E-state index in [1.807, 2.05) is 29.2 Å². The molecule has 20 heavy (non-hydrogen) atoms. The summed E-state index contributed by atoms with van der Waals surface area (Å²) in [5, 5.41) is 5.95. The molecule has 5 heteroatoms. The molecule has 0 bridgehead atoms. The van der Waals surface area contributed by atoms with Gasteiger partial charge in [0.2, 0.25) is 11.8 Å². The van der Waals surface area contributed by atoms with Crippen LogP contribution >= 0.6 is 0 Å². The van der Waals surface area contributed by atoms with Crippen LogP contribution in [0.15, 0.2) is 24.3 Å². The number of anilines is 2. The van der Waals surface area contributed by atoms with Crippen molar-refractivity contribution in [2.24, 2.45) is 0 Å². The Morgan fingerprint density at radius 2 is 1.90 bits per heavy atom. The third-order valence-corrected chi connectivity index (χ3v) is 3.31. The van der Waals surface area contributed by atoms with Crippen LogP contribution in [0.5, 0.6) is 0 Å². The monoisotopic (exact) mass is 275 g/mol. The second-order valence-corrected chi connectivity index (χ2v) is 5.03. The number of carbonyl (C=O) groups is 2. The lowest BCUT2D eigenvalue weighted by Gasteiger charge is -2.15. The van der Waals surface area contributed by atoms with Crippen LogP contribution in [0, 0.1) is 0 Å². The lowest BCUT2D eigenvalue weighted by atomic mass is 10.2. The minimum absolute atomic E-state index is 0.0913. The average Bonchev–Trinajstić information content (AvgIpc) is 2.92. The Labute approximate surface area is 119 Å². The zero-order valence-electron chi connectivity index (χ0n) is 11.8. The Morgan fingerprint density at radius 1 is 1.20 bits per heavy atom. The van der Waals surface area contributed by atoms with E-state index in [-0.39, 0.29) is 11.8 Å². The maximum absolute atomic E-state index is 11.9. The highest BCUT2D eigenvalue weighted by atomic mass is 16.2. The normalized spacial score (nSPS) is 14.2. The van der Waals surface area contributed by atoms with Crippen molar-refractivity contribution in [2.45, 2.75) is 26.2 Å². The highest BCUT2D eigenvalue weighted by Gasteiger charge is 2.16. The molecule has 2 N–H and O–H groups in total. The predicted molar refractivity (Wildman–Crippen MR) is 79.7 cm³/mol. The summed E-state index contributed by atoms with van der Waals surface area (Å²) in [4.78, 5) is 24.8. The Morgan fingerprint density at radius 3 is 2.60 bits per heavy atom. The van der Waals surface area contributed by atoms with Gasteiger partial charge in [0.25, 0.3) is 0 Å². The van der Waals surface area contributed by atoms with E-state index < -0.39 is 0 Å². The first-order valence-corrected chi connectivity index (χ1v) is 7.04. The zero-order chi connectivity index (χ0) is 14.4. The molecule has 1 aromatic rings. The molecule has 1 aliphatic rings. The quantitative estimate of drug-likeness (QED) is 0.864. The smallest absolute Gasteiger partial charge is 0.224 e. The van der Waals surface area contributed by atoms with Gasteiger partial charge in [0.15, 0.2) is 0 Å². The number of hydrogen-bond acceptors (Lipinski definition) is 3. The second kappa shape index (κ2) is 6.93. The van der Waals surface area contributed by atoms with E-state index in [1.165, 1.54) is 6.92 Å². The highest BCUT2D eigenvalue weighted by molar-refractivity contribution is 5.89. The zero-order valence-corrected chi connectivity index (χ0v) is 11.8. The molecule has 1 heterocycles. The Hall–Kier alpha value is -2.04. The Kier molecular flexibility index (Phi) is 4.98. The lowest BCUT2D eigenvalue weighted by Crippen LogP contribution is -2.29. The molecule has 0 unspecified atom stereocenters. The van der Waals surface area contributed by atoms with E-state index >= 15 is 0 Å². The molecule has 0 aromatic heterocycles. The maximum Gasteiger partial charge on any atom is 0.224 e. The van der Waals surface area contributed by atoms with E-state index in [0.717, 1.165) is 37.3 Å². The van der Waals surface area contributed by atoms with Crippen LogP contribution in [0.1, 0.15) is 26.2 Å². The lowest BCUT2D eigenvalue weighted by molar-refractivity contribution is -0.129. The molecule has 0 saturated carbocycles. The molecule has 108 valence electrons. The summed E-state index contributed by atoms with van der Waals surface area (Å²) in [6.07, 6.45) is 2.75. The SMILES string of the molecule is CC(=O)Nc1cccc(NCCC(=O)N2CCCC2)c1. The van der Waals surface area contributed by atoms with Crippen molar-refractivity contribution >= 4 is 23.2 Å². The standard InChI is InChI=1S/C15H21N3O2/c1-12(19)17-14-6-4-5-13(11-14)16-8-7-15(20)18-9-2-3-10-18/h4-6,11,16H,2-3,7-10H2,1H3,(H,17,19). The minimum atomic E-state index is -0.0913. The molecule has 1 saturated heterocycles. The molecule has 1 aromatic carbocycles. The number of likely N-dealkylation sites (tertiary alicyclic amines) is 1. The van der Waals surface area contributed by atoms with E-state index in [4.69, 9.17) is 0 Å². The van der Waals surface area contributed by atoms with Gasteiger partial charge in [-0.25, -0.2) is 0 Å². The summed E-state index contributed by atoms with van der Waals surface area (Å²) in [6.45, 7) is 3.89. The number of nitrogens with one attached hydrogen (secondary N) is 2. The Balaban J connectivity index is 1.78. The molecule has 0 spiro atoms. The van der Waals surface area contributed by atoms with Crippen LogP contribution < -0.4 is 10.6 Å². The number of amides is 2. The van der Waals surface area contributed by atoms with E-state index in [1.54, 1.807) is 0 Å². The van der Waals surface area contributed by atoms with Gasteiger partial charge in [-0.3, -0.25) is 9.59 Å². The van der Waals surface area contributed by atoms with Crippen LogP contribution in [-0.4, -0.2) is 36.3 Å². The van der Waals surface area contributed by atoms with Crippen LogP contribution in [0.4, 0.5) is 11.4 Å². The number of benzene rings is 1. The predicted octanol–water partition coefficient (Wildman–Crippen LogP) is 2.07. The van der Waals surface area contributed by atoms with E-state index in [9.17, 15) is 9.59 Å². The summed E-state index contributed by atoms with van der Waals surface area (Å²) in [5.41, 5.74) is 1.67. The van der Waals surface area contributed by atoms with Gasteiger partial charge in [-0.15, -0.1) is 0 Å². The first-order valence-electron chi connectivity index (χ1n) is 7.04. The molecule has 0 aliphatic carbocycles. The van der Waals surface area contributed by atoms with Crippen LogP contribution in [0.25, 0.3) is 0 Å². The second-order valence-electron chi connectivity index (χ2n) is 5.03. The summed E-state index contributed by atoms with van der Waals surface area (Å²) >= 11 is 0. The fraction of sp³-hybridized carbons (Fsp3) is 0.467. The van der Waals surface area contributed by atoms with Crippen molar-refractivity contribution in [1.29, 1.82) is 0 Å². The van der Waals surface area contributed by atoms with Crippen molar-refractivity contribution < 1.29 is 9.59 Å².